The summed E-state index contributed by atoms with van der Waals surface area (Å²) in [6.07, 6.45) is 1.66. The fourth-order valence-corrected chi connectivity index (χ4v) is 4.00. The van der Waals surface area contributed by atoms with E-state index in [2.05, 4.69) is 15.9 Å². The lowest BCUT2D eigenvalue weighted by molar-refractivity contribution is -0.384. The van der Waals surface area contributed by atoms with Crippen LogP contribution in [-0.4, -0.2) is 41.2 Å². The fourth-order valence-electron chi connectivity index (χ4n) is 2.63. The molecule has 156 valence electrons. The van der Waals surface area contributed by atoms with Crippen LogP contribution in [-0.2, 0) is 16.1 Å². The minimum absolute atomic E-state index is 0.0240. The molecule has 0 aromatic heterocycles. The van der Waals surface area contributed by atoms with Crippen molar-refractivity contribution in [3.63, 3.8) is 0 Å². The van der Waals surface area contributed by atoms with E-state index in [9.17, 15) is 19.7 Å². The van der Waals surface area contributed by atoms with Crippen molar-refractivity contribution in [1.29, 1.82) is 0 Å². The smallest absolute Gasteiger partial charge is 0.293 e. The number of ether oxygens (including phenoxy) is 2. The van der Waals surface area contributed by atoms with Crippen LogP contribution < -0.4 is 4.74 Å². The summed E-state index contributed by atoms with van der Waals surface area (Å²) in [5, 5.41) is 10.4. The van der Waals surface area contributed by atoms with E-state index in [0.717, 1.165) is 27.8 Å². The molecule has 10 heteroatoms. The van der Waals surface area contributed by atoms with Crippen molar-refractivity contribution in [3.05, 3.63) is 73.1 Å². The van der Waals surface area contributed by atoms with E-state index in [1.54, 1.807) is 36.4 Å². The first kappa shape index (κ1) is 22.0. The molecule has 0 aliphatic carbocycles. The van der Waals surface area contributed by atoms with Crippen LogP contribution in [0.3, 0.4) is 0 Å². The molecule has 30 heavy (non-hydrogen) atoms. The number of nitro groups is 1. The van der Waals surface area contributed by atoms with E-state index in [-0.39, 0.29) is 36.6 Å². The van der Waals surface area contributed by atoms with Gasteiger partial charge in [0.15, 0.2) is 0 Å². The molecule has 2 aromatic carbocycles. The number of nitro benzene ring substituents is 1. The lowest BCUT2D eigenvalue weighted by atomic mass is 10.2. The maximum Gasteiger partial charge on any atom is 0.293 e. The number of rotatable bonds is 8. The third kappa shape index (κ3) is 5.26. The van der Waals surface area contributed by atoms with Gasteiger partial charge in [0, 0.05) is 19.2 Å². The number of carbonyl (C=O) groups excluding carboxylic acids is 2. The molecule has 8 nitrogen and oxygen atoms in total. The zero-order valence-electron chi connectivity index (χ0n) is 15.9. The summed E-state index contributed by atoms with van der Waals surface area (Å²) in [5.41, 5.74) is 1.55. The van der Waals surface area contributed by atoms with Gasteiger partial charge in [-0.05, 0) is 69.2 Å². The minimum Gasteiger partial charge on any atom is -0.488 e. The van der Waals surface area contributed by atoms with Crippen molar-refractivity contribution in [3.8, 4) is 5.75 Å². The van der Waals surface area contributed by atoms with E-state index < -0.39 is 4.92 Å². The van der Waals surface area contributed by atoms with Crippen molar-refractivity contribution < 1.29 is 24.0 Å². The van der Waals surface area contributed by atoms with E-state index >= 15 is 0 Å². The fraction of sp³-hybridized carbons (Fsp3) is 0.200. The molecule has 3 rings (SSSR count). The Morgan fingerprint density at radius 3 is 2.57 bits per heavy atom. The second-order valence-electron chi connectivity index (χ2n) is 6.23. The third-order valence-corrected chi connectivity index (χ3v) is 5.71. The summed E-state index contributed by atoms with van der Waals surface area (Å²) in [6, 6.07) is 11.4. The van der Waals surface area contributed by atoms with E-state index in [0.29, 0.717) is 15.1 Å². The molecule has 1 aliphatic rings. The number of benzene rings is 2. The van der Waals surface area contributed by atoms with Crippen molar-refractivity contribution in [2.24, 2.45) is 0 Å². The number of imide groups is 1. The normalized spacial score (nSPS) is 15.1. The standard InChI is InChI=1S/C20H17BrN2O6S/c1-28-9-8-22-19(24)18(30-20(22)25)11-14-4-7-17(16(21)10-14)29-12-13-2-5-15(6-3-13)23(26)27/h2-7,10-11H,8-9,12H2,1H3/b18-11+. The lowest BCUT2D eigenvalue weighted by Crippen LogP contribution is -2.31. The summed E-state index contributed by atoms with van der Waals surface area (Å²) >= 11 is 4.34. The number of amides is 2. The molecule has 1 heterocycles. The molecule has 0 atom stereocenters. The van der Waals surface area contributed by atoms with Crippen LogP contribution in [0.1, 0.15) is 11.1 Å². The number of thioether (sulfide) groups is 1. The lowest BCUT2D eigenvalue weighted by Gasteiger charge is -2.11. The summed E-state index contributed by atoms with van der Waals surface area (Å²) in [7, 11) is 1.51. The van der Waals surface area contributed by atoms with Gasteiger partial charge in [-0.1, -0.05) is 6.07 Å². The average molecular weight is 493 g/mol. The summed E-state index contributed by atoms with van der Waals surface area (Å²) < 4.78 is 11.4. The van der Waals surface area contributed by atoms with Gasteiger partial charge in [0.2, 0.25) is 0 Å². The van der Waals surface area contributed by atoms with Gasteiger partial charge in [-0.2, -0.15) is 0 Å². The van der Waals surface area contributed by atoms with E-state index in [1.807, 2.05) is 0 Å². The van der Waals surface area contributed by atoms with Crippen LogP contribution >= 0.6 is 27.7 Å². The monoisotopic (exact) mass is 492 g/mol. The van der Waals surface area contributed by atoms with Crippen LogP contribution in [0.5, 0.6) is 5.75 Å². The number of hydrogen-bond donors (Lipinski definition) is 0. The van der Waals surface area contributed by atoms with Gasteiger partial charge in [0.05, 0.1) is 27.5 Å². The minimum atomic E-state index is -0.452. The predicted molar refractivity (Wildman–Crippen MR) is 116 cm³/mol. The van der Waals surface area contributed by atoms with E-state index in [1.165, 1.54) is 19.2 Å². The zero-order chi connectivity index (χ0) is 21.7. The second-order valence-corrected chi connectivity index (χ2v) is 8.08. The number of methoxy groups -OCH3 is 1. The molecule has 2 amide bonds. The van der Waals surface area contributed by atoms with Gasteiger partial charge in [-0.25, -0.2) is 0 Å². The Hall–Kier alpha value is -2.69. The average Bonchev–Trinajstić information content (AvgIpc) is 2.98. The van der Waals surface area contributed by atoms with Gasteiger partial charge in [-0.15, -0.1) is 0 Å². The number of carbonyl (C=O) groups is 2. The summed E-state index contributed by atoms with van der Waals surface area (Å²) in [6.45, 7) is 0.754. The number of nitrogens with zero attached hydrogens (tertiary/aromatic N) is 2. The SMILES string of the molecule is COCCN1C(=O)S/C(=C/c2ccc(OCc3ccc([N+](=O)[O-])cc3)c(Br)c2)C1=O. The van der Waals surface area contributed by atoms with Gasteiger partial charge < -0.3 is 9.47 Å². The molecule has 1 fully saturated rings. The molecule has 2 aromatic rings. The summed E-state index contributed by atoms with van der Waals surface area (Å²) in [4.78, 5) is 36.2. The van der Waals surface area contributed by atoms with Crippen LogP contribution in [0.25, 0.3) is 6.08 Å². The Kier molecular flexibility index (Phi) is 7.24. The Labute approximate surface area is 185 Å². The van der Waals surface area contributed by atoms with Gasteiger partial charge >= 0.3 is 0 Å². The van der Waals surface area contributed by atoms with Crippen LogP contribution in [0, 0.1) is 10.1 Å². The highest BCUT2D eigenvalue weighted by molar-refractivity contribution is 9.10. The van der Waals surface area contributed by atoms with Crippen molar-refractivity contribution in [2.45, 2.75) is 6.61 Å². The largest absolute Gasteiger partial charge is 0.488 e. The molecular weight excluding hydrogens is 476 g/mol. The Balaban J connectivity index is 1.66. The van der Waals surface area contributed by atoms with Crippen LogP contribution in [0.4, 0.5) is 10.5 Å². The maximum atomic E-state index is 12.4. The van der Waals surface area contributed by atoms with Gasteiger partial charge in [0.25, 0.3) is 16.8 Å². The topological polar surface area (TPSA) is 99.0 Å². The molecule has 0 saturated carbocycles. The first-order valence-corrected chi connectivity index (χ1v) is 10.4. The number of non-ortho nitro benzene ring substituents is 1. The van der Waals surface area contributed by atoms with Crippen molar-refractivity contribution >= 4 is 50.6 Å². The molecule has 1 aliphatic heterocycles. The number of hydrogen-bond acceptors (Lipinski definition) is 7. The quantitative estimate of drug-likeness (QED) is 0.301. The Bertz CT molecular complexity index is 1010. The van der Waals surface area contributed by atoms with Crippen LogP contribution in [0.15, 0.2) is 51.8 Å². The molecule has 0 bridgehead atoms. The Morgan fingerprint density at radius 2 is 1.93 bits per heavy atom. The maximum absolute atomic E-state index is 12.4. The number of halogens is 1. The highest BCUT2D eigenvalue weighted by atomic mass is 79.9. The molecule has 0 N–H and O–H groups in total. The first-order valence-electron chi connectivity index (χ1n) is 8.79. The molecule has 0 radical (unpaired) electrons. The first-order chi connectivity index (χ1) is 14.4. The molecular formula is C20H17BrN2O6S. The second kappa shape index (κ2) is 9.88. The van der Waals surface area contributed by atoms with Crippen LogP contribution in [0.2, 0.25) is 0 Å². The van der Waals surface area contributed by atoms with Gasteiger partial charge in [-0.3, -0.25) is 24.6 Å². The zero-order valence-corrected chi connectivity index (χ0v) is 18.3. The van der Waals surface area contributed by atoms with Crippen molar-refractivity contribution in [1.82, 2.24) is 4.90 Å². The van der Waals surface area contributed by atoms with E-state index in [4.69, 9.17) is 9.47 Å². The Morgan fingerprint density at radius 1 is 1.20 bits per heavy atom. The highest BCUT2D eigenvalue weighted by Crippen LogP contribution is 2.34. The molecule has 0 spiro atoms. The molecule has 0 unspecified atom stereocenters. The summed E-state index contributed by atoms with van der Waals surface area (Å²) in [5.74, 6) is 0.246. The third-order valence-electron chi connectivity index (χ3n) is 4.19. The van der Waals surface area contributed by atoms with Gasteiger partial charge in [0.1, 0.15) is 12.4 Å². The molecule has 1 saturated heterocycles. The highest BCUT2D eigenvalue weighted by Gasteiger charge is 2.34. The predicted octanol–water partition coefficient (Wildman–Crippen LogP) is 4.62. The van der Waals surface area contributed by atoms with Crippen molar-refractivity contribution in [2.75, 3.05) is 20.3 Å².